The van der Waals surface area contributed by atoms with Crippen molar-refractivity contribution < 1.29 is 9.59 Å². The molecule has 17 heavy (non-hydrogen) atoms. The van der Waals surface area contributed by atoms with E-state index in [1.807, 2.05) is 0 Å². The topological polar surface area (TPSA) is 34.1 Å². The summed E-state index contributed by atoms with van der Waals surface area (Å²) in [5.41, 5.74) is 0.389. The zero-order valence-corrected chi connectivity index (χ0v) is 10.8. The van der Waals surface area contributed by atoms with Gasteiger partial charge in [0, 0.05) is 5.57 Å². The number of allylic oxidation sites excluding steroid dienone is 5. The summed E-state index contributed by atoms with van der Waals surface area (Å²) in [5.74, 6) is 0.538. The monoisotopic (exact) mass is 234 g/mol. The van der Waals surface area contributed by atoms with E-state index in [-0.39, 0.29) is 0 Å². The minimum Gasteiger partial charge on any atom is -0.294 e. The Hall–Kier alpha value is -1.44. The maximum atomic E-state index is 10.7. The van der Waals surface area contributed by atoms with Crippen LogP contribution in [-0.4, -0.2) is 12.1 Å². The highest BCUT2D eigenvalue weighted by Gasteiger charge is 2.07. The fourth-order valence-electron chi connectivity index (χ4n) is 1.69. The Kier molecular flexibility index (Phi) is 8.94. The third-order valence-corrected chi connectivity index (χ3v) is 2.76. The molecular formula is C15H22O2. The lowest BCUT2D eigenvalue weighted by Crippen LogP contribution is -2.00. The van der Waals surface area contributed by atoms with Crippen molar-refractivity contribution in [3.63, 3.8) is 0 Å². The van der Waals surface area contributed by atoms with E-state index in [1.165, 1.54) is 25.7 Å². The van der Waals surface area contributed by atoms with E-state index < -0.39 is 5.78 Å². The lowest BCUT2D eigenvalue weighted by molar-refractivity contribution is -0.127. The molecule has 1 aliphatic rings. The molecule has 0 aromatic rings. The van der Waals surface area contributed by atoms with Crippen molar-refractivity contribution in [3.05, 3.63) is 36.5 Å². The Morgan fingerprint density at radius 3 is 2.18 bits per heavy atom. The predicted octanol–water partition coefficient (Wildman–Crippen LogP) is 3.64. The van der Waals surface area contributed by atoms with E-state index in [2.05, 4.69) is 13.5 Å². The number of hydrogen-bond donors (Lipinski definition) is 0. The summed E-state index contributed by atoms with van der Waals surface area (Å²) in [5, 5.41) is 0. The van der Waals surface area contributed by atoms with Crippen LogP contribution in [-0.2, 0) is 9.59 Å². The molecule has 0 radical (unpaired) electrons. The van der Waals surface area contributed by atoms with Crippen molar-refractivity contribution in [2.45, 2.75) is 39.5 Å². The van der Waals surface area contributed by atoms with Gasteiger partial charge < -0.3 is 0 Å². The molecule has 1 fully saturated rings. The average molecular weight is 234 g/mol. The summed E-state index contributed by atoms with van der Waals surface area (Å²) in [4.78, 5) is 20.7. The number of ketones is 1. The Labute approximate surface area is 104 Å². The van der Waals surface area contributed by atoms with Gasteiger partial charge in [0.2, 0.25) is 5.78 Å². The molecule has 0 aliphatic heterocycles. The zero-order chi connectivity index (χ0) is 13.1. The molecule has 2 heteroatoms. The normalized spacial score (nSPS) is 16.5. The van der Waals surface area contributed by atoms with Gasteiger partial charge in [-0.3, -0.25) is 9.59 Å². The quantitative estimate of drug-likeness (QED) is 0.322. The molecule has 0 N–H and O–H groups in total. The number of rotatable bonds is 4. The van der Waals surface area contributed by atoms with Crippen molar-refractivity contribution in [2.75, 3.05) is 0 Å². The molecule has 94 valence electrons. The molecule has 0 spiro atoms. The van der Waals surface area contributed by atoms with Crippen LogP contribution >= 0.6 is 0 Å². The van der Waals surface area contributed by atoms with Gasteiger partial charge in [0.05, 0.1) is 0 Å². The van der Waals surface area contributed by atoms with Crippen molar-refractivity contribution in [1.29, 1.82) is 0 Å². The van der Waals surface area contributed by atoms with E-state index in [1.54, 1.807) is 31.2 Å². The third-order valence-electron chi connectivity index (χ3n) is 2.76. The number of aldehydes is 1. The third kappa shape index (κ3) is 7.45. The van der Waals surface area contributed by atoms with Crippen molar-refractivity contribution in [1.82, 2.24) is 0 Å². The maximum Gasteiger partial charge on any atom is 0.225 e. The van der Waals surface area contributed by atoms with Crippen molar-refractivity contribution in [3.8, 4) is 0 Å². The highest BCUT2D eigenvalue weighted by Crippen LogP contribution is 2.22. The second-order valence-electron chi connectivity index (χ2n) is 4.21. The van der Waals surface area contributed by atoms with Crippen molar-refractivity contribution >= 4 is 12.1 Å². The Bertz CT molecular complexity index is 305. The molecule has 0 heterocycles. The Morgan fingerprint density at radius 1 is 1.29 bits per heavy atom. The molecule has 2 nitrogen and oxygen atoms in total. The van der Waals surface area contributed by atoms with Gasteiger partial charge in [-0.15, -0.1) is 0 Å². The Morgan fingerprint density at radius 2 is 1.88 bits per heavy atom. The van der Waals surface area contributed by atoms with Gasteiger partial charge in [0.25, 0.3) is 0 Å². The number of carbonyl (C=O) groups is 2. The number of Topliss-reactive ketones (excluding diaryl/α,β-unsaturated/α-hetero) is 1. The van der Waals surface area contributed by atoms with E-state index in [0.717, 1.165) is 5.92 Å². The van der Waals surface area contributed by atoms with Crippen molar-refractivity contribution in [2.24, 2.45) is 5.92 Å². The molecule has 0 aromatic heterocycles. The number of hydrogen-bond acceptors (Lipinski definition) is 2. The summed E-state index contributed by atoms with van der Waals surface area (Å²) in [7, 11) is 0. The first-order valence-corrected chi connectivity index (χ1v) is 6.10. The molecule has 0 saturated heterocycles. The molecule has 1 aliphatic carbocycles. The van der Waals surface area contributed by atoms with E-state index in [0.29, 0.717) is 11.9 Å². The molecule has 1 saturated carbocycles. The van der Waals surface area contributed by atoms with Gasteiger partial charge in [-0.1, -0.05) is 63.5 Å². The van der Waals surface area contributed by atoms with Gasteiger partial charge in [-0.25, -0.2) is 0 Å². The minimum atomic E-state index is -0.509. The Balaban J connectivity index is 0.000000354. The van der Waals surface area contributed by atoms with Gasteiger partial charge in [-0.05, 0) is 12.8 Å². The molecular weight excluding hydrogens is 212 g/mol. The van der Waals surface area contributed by atoms with Gasteiger partial charge in [0.15, 0.2) is 6.29 Å². The van der Waals surface area contributed by atoms with Crippen LogP contribution in [0.4, 0.5) is 0 Å². The van der Waals surface area contributed by atoms with Crippen LogP contribution in [0.2, 0.25) is 0 Å². The van der Waals surface area contributed by atoms with E-state index in [9.17, 15) is 9.59 Å². The summed E-state index contributed by atoms with van der Waals surface area (Å²) in [6.07, 6.45) is 12.5. The largest absolute Gasteiger partial charge is 0.294 e. The van der Waals surface area contributed by atoms with Crippen LogP contribution in [0.1, 0.15) is 39.5 Å². The molecule has 0 atom stereocenters. The van der Waals surface area contributed by atoms with Crippen LogP contribution < -0.4 is 0 Å². The van der Waals surface area contributed by atoms with E-state index in [4.69, 9.17) is 0 Å². The van der Waals surface area contributed by atoms with Crippen LogP contribution in [0.3, 0.4) is 0 Å². The predicted molar refractivity (Wildman–Crippen MR) is 71.8 cm³/mol. The van der Waals surface area contributed by atoms with Gasteiger partial charge in [0.1, 0.15) is 0 Å². The highest BCUT2D eigenvalue weighted by atomic mass is 16.2. The summed E-state index contributed by atoms with van der Waals surface area (Å²) in [6, 6.07) is 0. The first kappa shape index (κ1) is 15.6. The molecule has 0 aromatic carbocycles. The van der Waals surface area contributed by atoms with Gasteiger partial charge >= 0.3 is 0 Å². The van der Waals surface area contributed by atoms with Crippen LogP contribution in [0, 0.1) is 5.92 Å². The zero-order valence-electron chi connectivity index (χ0n) is 10.8. The first-order valence-electron chi connectivity index (χ1n) is 6.10. The fourth-order valence-corrected chi connectivity index (χ4v) is 1.69. The lowest BCUT2D eigenvalue weighted by atomic mass is 10.1. The highest BCUT2D eigenvalue weighted by molar-refractivity contribution is 6.34. The second-order valence-corrected chi connectivity index (χ2v) is 4.21. The van der Waals surface area contributed by atoms with Crippen LogP contribution in [0.25, 0.3) is 0 Å². The summed E-state index contributed by atoms with van der Waals surface area (Å²) < 4.78 is 0. The van der Waals surface area contributed by atoms with E-state index >= 15 is 0 Å². The van der Waals surface area contributed by atoms with Crippen LogP contribution in [0.5, 0.6) is 0 Å². The fraction of sp³-hybridized carbons (Fsp3) is 0.467. The molecule has 1 rings (SSSR count). The smallest absolute Gasteiger partial charge is 0.225 e. The molecule has 0 unspecified atom stereocenters. The molecule has 0 amide bonds. The van der Waals surface area contributed by atoms with Crippen LogP contribution in [0.15, 0.2) is 36.5 Å². The minimum absolute atomic E-state index is 0.294. The molecule has 0 bridgehead atoms. The maximum absolute atomic E-state index is 10.7. The summed E-state index contributed by atoms with van der Waals surface area (Å²) >= 11 is 0. The first-order chi connectivity index (χ1) is 8.15. The summed E-state index contributed by atoms with van der Waals surface area (Å²) in [6.45, 7) is 7.48. The SMILES string of the molecule is C=C/C=C\C(=C/C)C(=O)C=O.CC1CCCC1. The second kappa shape index (κ2) is 9.76. The standard InChI is InChI=1S/C9H10O2.C6H12/c1-3-5-6-8(4-2)9(11)7-10;1-6-4-2-3-5-6/h3-7H,1H2,2H3;6H,2-5H2,1H3/b6-5-,8-4+;. The average Bonchev–Trinajstić information content (AvgIpc) is 2.81. The number of carbonyl (C=O) groups excluding carboxylic acids is 2. The van der Waals surface area contributed by atoms with Gasteiger partial charge in [-0.2, -0.15) is 0 Å². The lowest BCUT2D eigenvalue weighted by Gasteiger charge is -1.91.